The number of unbranched alkanes of at least 4 members (excludes halogenated alkanes) is 2. The van der Waals surface area contributed by atoms with Gasteiger partial charge in [-0.25, -0.2) is 0 Å². The van der Waals surface area contributed by atoms with Gasteiger partial charge in [0, 0.05) is 18.2 Å². The topological polar surface area (TPSA) is 59.6 Å². The smallest absolute Gasteiger partial charge is 0.251 e. The molecular formula is C19H30N2O3. The Morgan fingerprint density at radius 1 is 1.17 bits per heavy atom. The Hall–Kier alpha value is -1.75. The number of amides is 1. The number of rotatable bonds is 10. The summed E-state index contributed by atoms with van der Waals surface area (Å²) in [7, 11) is 0. The van der Waals surface area contributed by atoms with Gasteiger partial charge < -0.3 is 20.1 Å². The molecule has 24 heavy (non-hydrogen) atoms. The Kier molecular flexibility index (Phi) is 7.89. The van der Waals surface area contributed by atoms with Gasteiger partial charge in [0.2, 0.25) is 0 Å². The average molecular weight is 334 g/mol. The summed E-state index contributed by atoms with van der Waals surface area (Å²) < 4.78 is 11.7. The first kappa shape index (κ1) is 18.6. The van der Waals surface area contributed by atoms with E-state index in [2.05, 4.69) is 24.5 Å². The lowest BCUT2D eigenvalue weighted by molar-refractivity contribution is 0.0939. The van der Waals surface area contributed by atoms with E-state index in [0.717, 1.165) is 50.9 Å². The lowest BCUT2D eigenvalue weighted by Gasteiger charge is -2.15. The maximum atomic E-state index is 12.4. The van der Waals surface area contributed by atoms with Crippen LogP contribution >= 0.6 is 0 Å². The van der Waals surface area contributed by atoms with Crippen LogP contribution in [0.5, 0.6) is 11.5 Å². The summed E-state index contributed by atoms with van der Waals surface area (Å²) in [5, 5.41) is 6.32. The highest BCUT2D eigenvalue weighted by Gasteiger charge is 2.18. The molecule has 1 fully saturated rings. The molecule has 0 bridgehead atoms. The molecule has 1 aliphatic heterocycles. The summed E-state index contributed by atoms with van der Waals surface area (Å²) in [5.41, 5.74) is 0.622. The first-order chi connectivity index (χ1) is 11.7. The van der Waals surface area contributed by atoms with E-state index in [-0.39, 0.29) is 11.9 Å². The van der Waals surface area contributed by atoms with Crippen molar-refractivity contribution in [2.24, 2.45) is 0 Å². The molecule has 5 heteroatoms. The van der Waals surface area contributed by atoms with Gasteiger partial charge in [0.1, 0.15) is 0 Å². The predicted octanol–water partition coefficient (Wildman–Crippen LogP) is 3.14. The van der Waals surface area contributed by atoms with E-state index in [1.54, 1.807) is 6.07 Å². The number of nitrogens with one attached hydrogen (secondary N) is 2. The Morgan fingerprint density at radius 2 is 1.88 bits per heavy atom. The third-order valence-corrected chi connectivity index (χ3v) is 4.11. The van der Waals surface area contributed by atoms with E-state index in [4.69, 9.17) is 9.47 Å². The molecule has 1 heterocycles. The van der Waals surface area contributed by atoms with Gasteiger partial charge in [0.05, 0.1) is 13.2 Å². The molecule has 1 aromatic carbocycles. The van der Waals surface area contributed by atoms with Crippen molar-refractivity contribution in [3.8, 4) is 11.5 Å². The number of carbonyl (C=O) groups is 1. The van der Waals surface area contributed by atoms with Crippen LogP contribution in [-0.4, -0.2) is 38.3 Å². The number of hydrogen-bond acceptors (Lipinski definition) is 4. The Morgan fingerprint density at radius 3 is 2.50 bits per heavy atom. The van der Waals surface area contributed by atoms with Crippen LogP contribution in [-0.2, 0) is 0 Å². The SMILES string of the molecule is CCCCOc1ccc(C(=O)NC2CCNC2)cc1OCCCC. The second-order valence-corrected chi connectivity index (χ2v) is 6.23. The van der Waals surface area contributed by atoms with Crippen LogP contribution in [0.3, 0.4) is 0 Å². The molecule has 0 aromatic heterocycles. The van der Waals surface area contributed by atoms with Crippen molar-refractivity contribution >= 4 is 5.91 Å². The van der Waals surface area contributed by atoms with Crippen molar-refractivity contribution in [2.75, 3.05) is 26.3 Å². The van der Waals surface area contributed by atoms with Gasteiger partial charge in [0.15, 0.2) is 11.5 Å². The fraction of sp³-hybridized carbons (Fsp3) is 0.632. The second-order valence-electron chi connectivity index (χ2n) is 6.23. The molecule has 1 saturated heterocycles. The number of ether oxygens (including phenoxy) is 2. The molecule has 1 amide bonds. The highest BCUT2D eigenvalue weighted by atomic mass is 16.5. The van der Waals surface area contributed by atoms with E-state index in [1.165, 1.54) is 0 Å². The zero-order valence-corrected chi connectivity index (χ0v) is 14.9. The van der Waals surface area contributed by atoms with Crippen LogP contribution < -0.4 is 20.1 Å². The number of benzene rings is 1. The van der Waals surface area contributed by atoms with E-state index < -0.39 is 0 Å². The van der Waals surface area contributed by atoms with Crippen LogP contribution in [0.15, 0.2) is 18.2 Å². The third kappa shape index (κ3) is 5.71. The molecule has 1 aromatic rings. The lowest BCUT2D eigenvalue weighted by atomic mass is 10.1. The molecule has 134 valence electrons. The molecule has 0 saturated carbocycles. The Balaban J connectivity index is 2.04. The molecule has 1 atom stereocenters. The van der Waals surface area contributed by atoms with Crippen molar-refractivity contribution in [1.29, 1.82) is 0 Å². The standard InChI is InChI=1S/C19H30N2O3/c1-3-5-11-23-17-8-7-15(13-18(17)24-12-6-4-2)19(22)21-16-9-10-20-14-16/h7-8,13,16,20H,3-6,9-12,14H2,1-2H3,(H,21,22). The van der Waals surface area contributed by atoms with Gasteiger partial charge in [-0.3, -0.25) is 4.79 Å². The molecule has 1 aliphatic rings. The quantitative estimate of drug-likeness (QED) is 0.645. The minimum absolute atomic E-state index is 0.0517. The summed E-state index contributed by atoms with van der Waals surface area (Å²) in [6, 6.07) is 5.67. The van der Waals surface area contributed by atoms with Gasteiger partial charge in [-0.05, 0) is 44.0 Å². The third-order valence-electron chi connectivity index (χ3n) is 4.11. The fourth-order valence-corrected chi connectivity index (χ4v) is 2.58. The summed E-state index contributed by atoms with van der Waals surface area (Å²) in [6.45, 7) is 7.36. The van der Waals surface area contributed by atoms with Crippen molar-refractivity contribution in [2.45, 2.75) is 52.0 Å². The van der Waals surface area contributed by atoms with Crippen LogP contribution in [0, 0.1) is 0 Å². The van der Waals surface area contributed by atoms with E-state index in [1.807, 2.05) is 12.1 Å². The highest BCUT2D eigenvalue weighted by Crippen LogP contribution is 2.29. The average Bonchev–Trinajstić information content (AvgIpc) is 3.09. The predicted molar refractivity (Wildman–Crippen MR) is 96.0 cm³/mol. The van der Waals surface area contributed by atoms with E-state index >= 15 is 0 Å². The molecule has 1 unspecified atom stereocenters. The lowest BCUT2D eigenvalue weighted by Crippen LogP contribution is -2.36. The second kappa shape index (κ2) is 10.2. The van der Waals surface area contributed by atoms with E-state index in [0.29, 0.717) is 24.5 Å². The van der Waals surface area contributed by atoms with Gasteiger partial charge in [-0.2, -0.15) is 0 Å². The Labute approximate surface area is 145 Å². The zero-order valence-electron chi connectivity index (χ0n) is 14.9. The minimum Gasteiger partial charge on any atom is -0.490 e. The van der Waals surface area contributed by atoms with Gasteiger partial charge >= 0.3 is 0 Å². The van der Waals surface area contributed by atoms with Crippen molar-refractivity contribution in [3.05, 3.63) is 23.8 Å². The minimum atomic E-state index is -0.0517. The van der Waals surface area contributed by atoms with Crippen LogP contribution in [0.1, 0.15) is 56.3 Å². The van der Waals surface area contributed by atoms with Crippen LogP contribution in [0.25, 0.3) is 0 Å². The molecule has 0 aliphatic carbocycles. The summed E-state index contributed by atoms with van der Waals surface area (Å²) in [6.07, 6.45) is 5.12. The van der Waals surface area contributed by atoms with Gasteiger partial charge in [-0.1, -0.05) is 26.7 Å². The number of hydrogen-bond donors (Lipinski definition) is 2. The molecule has 2 N–H and O–H groups in total. The van der Waals surface area contributed by atoms with Crippen LogP contribution in [0.2, 0.25) is 0 Å². The van der Waals surface area contributed by atoms with Gasteiger partial charge in [-0.15, -0.1) is 0 Å². The first-order valence-electron chi connectivity index (χ1n) is 9.15. The maximum Gasteiger partial charge on any atom is 0.251 e. The molecule has 0 spiro atoms. The summed E-state index contributed by atoms with van der Waals surface area (Å²) >= 11 is 0. The van der Waals surface area contributed by atoms with Crippen LogP contribution in [0.4, 0.5) is 0 Å². The first-order valence-corrected chi connectivity index (χ1v) is 9.15. The van der Waals surface area contributed by atoms with Gasteiger partial charge in [0.25, 0.3) is 5.91 Å². The van der Waals surface area contributed by atoms with Crippen molar-refractivity contribution in [3.63, 3.8) is 0 Å². The van der Waals surface area contributed by atoms with Crippen molar-refractivity contribution < 1.29 is 14.3 Å². The fourth-order valence-electron chi connectivity index (χ4n) is 2.58. The summed E-state index contributed by atoms with van der Waals surface area (Å²) in [4.78, 5) is 12.4. The van der Waals surface area contributed by atoms with Crippen molar-refractivity contribution in [1.82, 2.24) is 10.6 Å². The monoisotopic (exact) mass is 334 g/mol. The number of carbonyl (C=O) groups excluding carboxylic acids is 1. The normalized spacial score (nSPS) is 16.8. The Bertz CT molecular complexity index is 513. The summed E-state index contributed by atoms with van der Waals surface area (Å²) in [5.74, 6) is 1.33. The molecule has 2 rings (SSSR count). The molecule has 0 radical (unpaired) electrons. The molecular weight excluding hydrogens is 304 g/mol. The maximum absolute atomic E-state index is 12.4. The largest absolute Gasteiger partial charge is 0.490 e. The zero-order chi connectivity index (χ0) is 17.2. The molecule has 5 nitrogen and oxygen atoms in total. The highest BCUT2D eigenvalue weighted by molar-refractivity contribution is 5.95. The van der Waals surface area contributed by atoms with E-state index in [9.17, 15) is 4.79 Å².